The average molecular weight is 429 g/mol. The second kappa shape index (κ2) is 10.7. The lowest BCUT2D eigenvalue weighted by atomic mass is 10.2. The van der Waals surface area contributed by atoms with E-state index in [2.05, 4.69) is 21.2 Å². The third kappa shape index (κ3) is 6.51. The number of hydrogen-bond acceptors (Lipinski definition) is 4. The van der Waals surface area contributed by atoms with Gasteiger partial charge in [0.2, 0.25) is 0 Å². The molecule has 0 atom stereocenters. The lowest BCUT2D eigenvalue weighted by Crippen LogP contribution is -2.16. The zero-order valence-electron chi connectivity index (χ0n) is 14.2. The van der Waals surface area contributed by atoms with Crippen LogP contribution >= 0.6 is 27.5 Å². The predicted molar refractivity (Wildman–Crippen MR) is 105 cm³/mol. The van der Waals surface area contributed by atoms with Gasteiger partial charge in [-0.3, -0.25) is 0 Å². The molecule has 25 heavy (non-hydrogen) atoms. The third-order valence-electron chi connectivity index (χ3n) is 3.55. The van der Waals surface area contributed by atoms with Crippen molar-refractivity contribution in [3.05, 3.63) is 57.0 Å². The van der Waals surface area contributed by atoms with E-state index >= 15 is 0 Å². The van der Waals surface area contributed by atoms with Crippen LogP contribution in [-0.2, 0) is 13.2 Å². The largest absolute Gasteiger partial charge is 0.490 e. The summed E-state index contributed by atoms with van der Waals surface area (Å²) in [7, 11) is 0. The zero-order valence-corrected chi connectivity index (χ0v) is 16.6. The average Bonchev–Trinajstić information content (AvgIpc) is 2.61. The van der Waals surface area contributed by atoms with Crippen molar-refractivity contribution in [1.82, 2.24) is 5.32 Å². The zero-order chi connectivity index (χ0) is 18.1. The molecule has 0 radical (unpaired) electrons. The van der Waals surface area contributed by atoms with Gasteiger partial charge in [-0.2, -0.15) is 0 Å². The van der Waals surface area contributed by atoms with Crippen molar-refractivity contribution in [1.29, 1.82) is 0 Å². The molecule has 0 bridgehead atoms. The number of benzene rings is 2. The van der Waals surface area contributed by atoms with Crippen molar-refractivity contribution in [2.45, 2.75) is 26.5 Å². The fourth-order valence-electron chi connectivity index (χ4n) is 2.26. The minimum atomic E-state index is 0.190. The molecule has 0 spiro atoms. The Labute approximate surface area is 162 Å². The number of hydrogen-bond donors (Lipinski definition) is 2. The molecule has 2 aromatic rings. The topological polar surface area (TPSA) is 50.7 Å². The number of aliphatic hydroxyl groups is 1. The summed E-state index contributed by atoms with van der Waals surface area (Å²) in [6.45, 7) is 4.61. The van der Waals surface area contributed by atoms with E-state index in [1.54, 1.807) is 0 Å². The summed E-state index contributed by atoms with van der Waals surface area (Å²) in [5.74, 6) is 1.42. The van der Waals surface area contributed by atoms with Crippen molar-refractivity contribution in [2.24, 2.45) is 0 Å². The Morgan fingerprint density at radius 2 is 1.84 bits per heavy atom. The highest BCUT2D eigenvalue weighted by atomic mass is 79.9. The van der Waals surface area contributed by atoms with Crippen LogP contribution in [0.15, 0.2) is 40.9 Å². The van der Waals surface area contributed by atoms with Gasteiger partial charge in [0.15, 0.2) is 11.5 Å². The fraction of sp³-hybridized carbons (Fsp3) is 0.368. The van der Waals surface area contributed by atoms with E-state index in [-0.39, 0.29) is 6.61 Å². The van der Waals surface area contributed by atoms with Crippen molar-refractivity contribution in [2.75, 3.05) is 19.8 Å². The highest BCUT2D eigenvalue weighted by Gasteiger charge is 2.11. The molecule has 0 aliphatic rings. The molecular weight excluding hydrogens is 406 g/mol. The van der Waals surface area contributed by atoms with Crippen LogP contribution in [0.3, 0.4) is 0 Å². The first kappa shape index (κ1) is 20.0. The maximum Gasteiger partial charge on any atom is 0.162 e. The molecule has 136 valence electrons. The number of ether oxygens (including phenoxy) is 2. The van der Waals surface area contributed by atoms with Crippen LogP contribution in [0.4, 0.5) is 0 Å². The molecule has 2 N–H and O–H groups in total. The summed E-state index contributed by atoms with van der Waals surface area (Å²) in [6, 6.07) is 11.5. The maximum atomic E-state index is 8.84. The fourth-order valence-corrected chi connectivity index (χ4v) is 2.85. The van der Waals surface area contributed by atoms with Crippen LogP contribution < -0.4 is 14.8 Å². The molecule has 0 aliphatic heterocycles. The lowest BCUT2D eigenvalue weighted by Gasteiger charge is -2.15. The molecule has 0 amide bonds. The van der Waals surface area contributed by atoms with Gasteiger partial charge >= 0.3 is 0 Å². The molecular formula is C19H23BrClNO3. The monoisotopic (exact) mass is 427 g/mol. The van der Waals surface area contributed by atoms with Crippen molar-refractivity contribution in [3.8, 4) is 11.5 Å². The second-order valence-electron chi connectivity index (χ2n) is 5.49. The Balaban J connectivity index is 2.07. The highest BCUT2D eigenvalue weighted by Crippen LogP contribution is 2.34. The molecule has 0 aromatic heterocycles. The van der Waals surface area contributed by atoms with Crippen LogP contribution in [0.2, 0.25) is 5.02 Å². The van der Waals surface area contributed by atoms with Gasteiger partial charge in [0, 0.05) is 22.6 Å². The second-order valence-corrected chi connectivity index (χ2v) is 6.78. The van der Waals surface area contributed by atoms with E-state index in [4.69, 9.17) is 26.2 Å². The molecule has 0 heterocycles. The molecule has 2 rings (SSSR count). The maximum absolute atomic E-state index is 8.84. The van der Waals surface area contributed by atoms with Crippen LogP contribution in [0.1, 0.15) is 24.5 Å². The van der Waals surface area contributed by atoms with Gasteiger partial charge in [0.1, 0.15) is 6.61 Å². The highest BCUT2D eigenvalue weighted by molar-refractivity contribution is 9.10. The van der Waals surface area contributed by atoms with E-state index in [1.165, 1.54) is 0 Å². The molecule has 6 heteroatoms. The van der Waals surface area contributed by atoms with Crippen molar-refractivity contribution >= 4 is 27.5 Å². The van der Waals surface area contributed by atoms with E-state index in [1.807, 2.05) is 43.3 Å². The first-order valence-corrected chi connectivity index (χ1v) is 9.45. The normalized spacial score (nSPS) is 10.7. The summed E-state index contributed by atoms with van der Waals surface area (Å²) in [6.07, 6.45) is 0.734. The summed E-state index contributed by atoms with van der Waals surface area (Å²) in [5.41, 5.74) is 2.12. The number of rotatable bonds is 10. The number of halogens is 2. The first-order valence-electron chi connectivity index (χ1n) is 8.28. The van der Waals surface area contributed by atoms with Crippen LogP contribution in [-0.4, -0.2) is 24.9 Å². The van der Waals surface area contributed by atoms with Gasteiger partial charge in [-0.15, -0.1) is 0 Å². The minimum Gasteiger partial charge on any atom is -0.490 e. The number of nitrogens with one attached hydrogen (secondary N) is 1. The predicted octanol–water partition coefficient (Wildman–Crippen LogP) is 4.55. The van der Waals surface area contributed by atoms with Gasteiger partial charge in [-0.25, -0.2) is 0 Å². The van der Waals surface area contributed by atoms with E-state index < -0.39 is 0 Å². The molecule has 0 saturated carbocycles. The van der Waals surface area contributed by atoms with Gasteiger partial charge in [-0.05, 0) is 55.3 Å². The van der Waals surface area contributed by atoms with Crippen molar-refractivity contribution < 1.29 is 14.6 Å². The molecule has 0 unspecified atom stereocenters. The van der Waals surface area contributed by atoms with Gasteiger partial charge in [-0.1, -0.05) is 39.7 Å². The summed E-state index contributed by atoms with van der Waals surface area (Å²) < 4.78 is 12.6. The summed E-state index contributed by atoms with van der Waals surface area (Å²) in [5, 5.41) is 12.8. The Bertz CT molecular complexity index is 664. The third-order valence-corrected chi connectivity index (χ3v) is 4.54. The van der Waals surface area contributed by atoms with Gasteiger partial charge < -0.3 is 19.9 Å². The number of aliphatic hydroxyl groups excluding tert-OH is 1. The van der Waals surface area contributed by atoms with Crippen molar-refractivity contribution in [3.63, 3.8) is 0 Å². The first-order chi connectivity index (χ1) is 12.1. The quantitative estimate of drug-likeness (QED) is 0.545. The minimum absolute atomic E-state index is 0.190. The van der Waals surface area contributed by atoms with Crippen LogP contribution in [0.5, 0.6) is 11.5 Å². The van der Waals surface area contributed by atoms with E-state index in [9.17, 15) is 0 Å². The van der Waals surface area contributed by atoms with E-state index in [0.29, 0.717) is 30.5 Å². The van der Waals surface area contributed by atoms with Crippen LogP contribution in [0, 0.1) is 0 Å². The molecule has 0 fully saturated rings. The molecule has 2 aromatic carbocycles. The standard InChI is InChI=1S/C19H23BrClNO3/c1-2-24-18-10-15(12-22-8-3-9-23)17(20)11-19(18)25-13-14-4-6-16(21)7-5-14/h4-7,10-11,22-23H,2-3,8-9,12-13H2,1H3. The van der Waals surface area contributed by atoms with E-state index in [0.717, 1.165) is 34.3 Å². The summed E-state index contributed by atoms with van der Waals surface area (Å²) in [4.78, 5) is 0. The Hall–Kier alpha value is -1.27. The Morgan fingerprint density at radius 1 is 1.12 bits per heavy atom. The molecule has 0 aliphatic carbocycles. The molecule has 4 nitrogen and oxygen atoms in total. The lowest BCUT2D eigenvalue weighted by molar-refractivity contribution is 0.268. The van der Waals surface area contributed by atoms with Gasteiger partial charge in [0.05, 0.1) is 6.61 Å². The smallest absolute Gasteiger partial charge is 0.162 e. The van der Waals surface area contributed by atoms with Crippen LogP contribution in [0.25, 0.3) is 0 Å². The summed E-state index contributed by atoms with van der Waals surface area (Å²) >= 11 is 9.50. The van der Waals surface area contributed by atoms with Gasteiger partial charge in [0.25, 0.3) is 0 Å². The Kier molecular flexibility index (Phi) is 8.55. The molecule has 0 saturated heterocycles. The SMILES string of the molecule is CCOc1cc(CNCCCO)c(Br)cc1OCc1ccc(Cl)cc1. The Morgan fingerprint density at radius 3 is 2.52 bits per heavy atom.